The van der Waals surface area contributed by atoms with Crippen molar-refractivity contribution in [3.63, 3.8) is 0 Å². The number of alkyl carbamates (subject to hydrolysis) is 1. The van der Waals surface area contributed by atoms with Crippen molar-refractivity contribution in [2.45, 2.75) is 51.6 Å². The zero-order valence-corrected chi connectivity index (χ0v) is 15.9. The highest BCUT2D eigenvalue weighted by Crippen LogP contribution is 2.31. The Balaban J connectivity index is 2.82. The second-order valence-corrected chi connectivity index (χ2v) is 7.03. The molecule has 0 heterocycles. The third-order valence-electron chi connectivity index (χ3n) is 3.38. The number of amides is 1. The van der Waals surface area contributed by atoms with Gasteiger partial charge in [-0.1, -0.05) is 12.1 Å². The van der Waals surface area contributed by atoms with Gasteiger partial charge in [-0.25, -0.2) is 9.59 Å². The van der Waals surface area contributed by atoms with Crippen LogP contribution in [0.2, 0.25) is 0 Å². The highest BCUT2D eigenvalue weighted by molar-refractivity contribution is 5.77. The van der Waals surface area contributed by atoms with Gasteiger partial charge < -0.3 is 14.8 Å². The minimum atomic E-state index is -4.53. The third kappa shape index (κ3) is 7.86. The zero-order chi connectivity index (χ0) is 20.8. The fourth-order valence-corrected chi connectivity index (χ4v) is 2.20. The largest absolute Gasteiger partial charge is 0.468 e. The number of ether oxygens (including phenoxy) is 2. The van der Waals surface area contributed by atoms with Crippen LogP contribution in [0.15, 0.2) is 24.3 Å². The van der Waals surface area contributed by atoms with Gasteiger partial charge in [-0.2, -0.15) is 13.2 Å². The normalized spacial score (nSPS) is 14.2. The predicted octanol–water partition coefficient (Wildman–Crippen LogP) is 3.42. The smallest absolute Gasteiger partial charge is 0.416 e. The van der Waals surface area contributed by atoms with Crippen LogP contribution >= 0.6 is 0 Å². The third-order valence-corrected chi connectivity index (χ3v) is 3.38. The minimum absolute atomic E-state index is 0.106. The van der Waals surface area contributed by atoms with Gasteiger partial charge in [-0.15, -0.1) is 0 Å². The Morgan fingerprint density at radius 1 is 1.19 bits per heavy atom. The first-order valence-electron chi connectivity index (χ1n) is 8.31. The lowest BCUT2D eigenvalue weighted by molar-refractivity contribution is -0.143. The summed E-state index contributed by atoms with van der Waals surface area (Å²) in [7, 11) is 1.15. The second-order valence-electron chi connectivity index (χ2n) is 7.03. The van der Waals surface area contributed by atoms with E-state index in [1.165, 1.54) is 12.1 Å². The highest BCUT2D eigenvalue weighted by Gasteiger charge is 2.32. The summed E-state index contributed by atoms with van der Waals surface area (Å²) in [5, 5.41) is 5.40. The maximum Gasteiger partial charge on any atom is 0.416 e. The molecule has 0 aliphatic heterocycles. The van der Waals surface area contributed by atoms with Crippen molar-refractivity contribution < 1.29 is 32.2 Å². The molecular weight excluding hydrogens is 365 g/mol. The molecule has 0 fully saturated rings. The predicted molar refractivity (Wildman–Crippen MR) is 93.0 cm³/mol. The first-order valence-corrected chi connectivity index (χ1v) is 8.31. The van der Waals surface area contributed by atoms with Gasteiger partial charge in [0.05, 0.1) is 12.7 Å². The molecule has 2 unspecified atom stereocenters. The SMILES string of the molecule is COC(=O)C(NCC(C)NC(=O)OC(C)(C)C)c1cccc(C(F)(F)F)c1. The van der Waals surface area contributed by atoms with Crippen molar-refractivity contribution in [3.8, 4) is 0 Å². The van der Waals surface area contributed by atoms with Crippen LogP contribution in [0.4, 0.5) is 18.0 Å². The van der Waals surface area contributed by atoms with Crippen molar-refractivity contribution in [1.82, 2.24) is 10.6 Å². The molecule has 0 bridgehead atoms. The quantitative estimate of drug-likeness (QED) is 0.728. The standard InChI is InChI=1S/C18H25F3N2O4/c1-11(23-16(25)27-17(2,3)4)10-22-14(15(24)26-5)12-7-6-8-13(9-12)18(19,20)21/h6-9,11,14,22H,10H2,1-5H3,(H,23,25). The summed E-state index contributed by atoms with van der Waals surface area (Å²) in [6, 6.07) is 2.87. The summed E-state index contributed by atoms with van der Waals surface area (Å²) >= 11 is 0. The Bertz CT molecular complexity index is 657. The average molecular weight is 390 g/mol. The van der Waals surface area contributed by atoms with E-state index in [2.05, 4.69) is 15.4 Å². The summed E-state index contributed by atoms with van der Waals surface area (Å²) in [4.78, 5) is 23.8. The number of benzene rings is 1. The summed E-state index contributed by atoms with van der Waals surface area (Å²) in [5.74, 6) is -0.737. The summed E-state index contributed by atoms with van der Waals surface area (Å²) in [6.07, 6.45) is -5.16. The minimum Gasteiger partial charge on any atom is -0.468 e. The highest BCUT2D eigenvalue weighted by atomic mass is 19.4. The van der Waals surface area contributed by atoms with Crippen LogP contribution in [-0.4, -0.2) is 37.4 Å². The number of nitrogens with one attached hydrogen (secondary N) is 2. The number of esters is 1. The van der Waals surface area contributed by atoms with E-state index >= 15 is 0 Å². The van der Waals surface area contributed by atoms with Gasteiger partial charge in [0.15, 0.2) is 0 Å². The van der Waals surface area contributed by atoms with Crippen molar-refractivity contribution in [1.29, 1.82) is 0 Å². The lowest BCUT2D eigenvalue weighted by Gasteiger charge is -2.23. The van der Waals surface area contributed by atoms with E-state index in [0.29, 0.717) is 0 Å². The molecule has 9 heteroatoms. The summed E-state index contributed by atoms with van der Waals surface area (Å²) in [6.45, 7) is 6.93. The Morgan fingerprint density at radius 3 is 2.33 bits per heavy atom. The monoisotopic (exact) mass is 390 g/mol. The van der Waals surface area contributed by atoms with Gasteiger partial charge >= 0.3 is 18.2 Å². The number of rotatable bonds is 6. The van der Waals surface area contributed by atoms with E-state index in [-0.39, 0.29) is 12.1 Å². The van der Waals surface area contributed by atoms with Gasteiger partial charge in [-0.05, 0) is 45.4 Å². The van der Waals surface area contributed by atoms with Crippen molar-refractivity contribution in [2.75, 3.05) is 13.7 Å². The second kappa shape index (κ2) is 9.07. The lowest BCUT2D eigenvalue weighted by atomic mass is 10.0. The van der Waals surface area contributed by atoms with Crippen LogP contribution in [-0.2, 0) is 20.4 Å². The van der Waals surface area contributed by atoms with E-state index < -0.39 is 41.5 Å². The van der Waals surface area contributed by atoms with Gasteiger partial charge in [0.1, 0.15) is 11.6 Å². The van der Waals surface area contributed by atoms with E-state index in [0.717, 1.165) is 19.2 Å². The molecule has 27 heavy (non-hydrogen) atoms. The van der Waals surface area contributed by atoms with Gasteiger partial charge in [0.25, 0.3) is 0 Å². The topological polar surface area (TPSA) is 76.7 Å². The molecule has 2 atom stereocenters. The molecule has 0 saturated carbocycles. The van der Waals surface area contributed by atoms with Crippen LogP contribution in [0, 0.1) is 0 Å². The molecule has 1 rings (SSSR count). The number of carbonyl (C=O) groups is 2. The molecule has 0 aromatic heterocycles. The molecule has 1 aromatic rings. The molecule has 0 spiro atoms. The molecule has 152 valence electrons. The lowest BCUT2D eigenvalue weighted by Crippen LogP contribution is -2.44. The molecule has 0 aliphatic rings. The van der Waals surface area contributed by atoms with Crippen molar-refractivity contribution >= 4 is 12.1 Å². The molecule has 0 radical (unpaired) electrons. The van der Waals surface area contributed by atoms with Crippen molar-refractivity contribution in [3.05, 3.63) is 35.4 Å². The molecule has 1 amide bonds. The Hall–Kier alpha value is -2.29. The van der Waals surface area contributed by atoms with Crippen molar-refractivity contribution in [2.24, 2.45) is 0 Å². The summed E-state index contributed by atoms with van der Waals surface area (Å²) in [5.41, 5.74) is -1.42. The van der Waals surface area contributed by atoms with Crippen LogP contribution < -0.4 is 10.6 Å². The number of methoxy groups -OCH3 is 1. The van der Waals surface area contributed by atoms with E-state index in [1.54, 1.807) is 27.7 Å². The Kier molecular flexibility index (Phi) is 7.65. The maximum absolute atomic E-state index is 12.9. The molecule has 0 aliphatic carbocycles. The van der Waals surface area contributed by atoms with Gasteiger partial charge in [-0.3, -0.25) is 5.32 Å². The summed E-state index contributed by atoms with van der Waals surface area (Å²) < 4.78 is 48.5. The van der Waals surface area contributed by atoms with Crippen LogP contribution in [0.5, 0.6) is 0 Å². The fraction of sp³-hybridized carbons (Fsp3) is 0.556. The zero-order valence-electron chi connectivity index (χ0n) is 15.9. The number of alkyl halides is 3. The Morgan fingerprint density at radius 2 is 1.81 bits per heavy atom. The van der Waals surface area contributed by atoms with Crippen LogP contribution in [0.25, 0.3) is 0 Å². The van der Waals surface area contributed by atoms with E-state index in [1.807, 2.05) is 0 Å². The number of halogens is 3. The maximum atomic E-state index is 12.9. The number of hydrogen-bond acceptors (Lipinski definition) is 5. The molecular formula is C18H25F3N2O4. The number of carbonyl (C=O) groups excluding carboxylic acids is 2. The number of hydrogen-bond donors (Lipinski definition) is 2. The molecule has 0 saturated heterocycles. The molecule has 2 N–H and O–H groups in total. The first kappa shape index (κ1) is 22.8. The van der Waals surface area contributed by atoms with Crippen LogP contribution in [0.3, 0.4) is 0 Å². The fourth-order valence-electron chi connectivity index (χ4n) is 2.20. The average Bonchev–Trinajstić information content (AvgIpc) is 2.52. The molecule has 6 nitrogen and oxygen atoms in total. The van der Waals surface area contributed by atoms with E-state index in [4.69, 9.17) is 4.74 Å². The van der Waals surface area contributed by atoms with Crippen LogP contribution in [0.1, 0.15) is 44.9 Å². The van der Waals surface area contributed by atoms with Gasteiger partial charge in [0, 0.05) is 12.6 Å². The Labute approximate surface area is 156 Å². The first-order chi connectivity index (χ1) is 12.3. The van der Waals surface area contributed by atoms with Gasteiger partial charge in [0.2, 0.25) is 0 Å². The molecule has 1 aromatic carbocycles. The van der Waals surface area contributed by atoms with E-state index in [9.17, 15) is 22.8 Å².